The maximum atomic E-state index is 10.5. The van der Waals surface area contributed by atoms with Gasteiger partial charge in [-0.2, -0.15) is 0 Å². The van der Waals surface area contributed by atoms with Crippen LogP contribution in [-0.2, 0) is 9.59 Å². The molecule has 1 rings (SSSR count). The second-order valence-electron chi connectivity index (χ2n) is 2.36. The maximum absolute atomic E-state index is 10.5. The molecule has 0 spiro atoms. The summed E-state index contributed by atoms with van der Waals surface area (Å²) in [6.07, 6.45) is 0.559. The Bertz CT molecular complexity index is 266. The van der Waals surface area contributed by atoms with Gasteiger partial charge in [0.1, 0.15) is 6.29 Å². The molecule has 12 heavy (non-hydrogen) atoms. The second kappa shape index (κ2) is 4.01. The normalized spacial score (nSPS) is 12.3. The van der Waals surface area contributed by atoms with Gasteiger partial charge in [0.05, 0.1) is 12.3 Å². The van der Waals surface area contributed by atoms with Crippen molar-refractivity contribution in [3.63, 3.8) is 0 Å². The molecule has 4 heteroatoms. The zero-order valence-corrected chi connectivity index (χ0v) is 7.08. The molecule has 64 valence electrons. The first-order valence-electron chi connectivity index (χ1n) is 3.44. The molecule has 0 aliphatic carbocycles. The molecule has 0 aromatic carbocycles. The molecule has 1 unspecified atom stereocenters. The number of carbonyl (C=O) groups is 2. The summed E-state index contributed by atoms with van der Waals surface area (Å²) < 4.78 is 0. The van der Waals surface area contributed by atoms with Crippen LogP contribution in [0.15, 0.2) is 17.5 Å². The molecular weight excluding hydrogens is 176 g/mol. The van der Waals surface area contributed by atoms with Crippen LogP contribution in [0.5, 0.6) is 0 Å². The Morgan fingerprint density at radius 1 is 1.75 bits per heavy atom. The van der Waals surface area contributed by atoms with Gasteiger partial charge in [0.25, 0.3) is 0 Å². The standard InChI is InChI=1S/C8H8O3S/c9-5-6(4-8(10)11)7-2-1-3-12-7/h1-3,5-6H,4H2,(H,10,11). The summed E-state index contributed by atoms with van der Waals surface area (Å²) in [5.74, 6) is -1.43. The van der Waals surface area contributed by atoms with Gasteiger partial charge in [-0.05, 0) is 11.4 Å². The number of thiophene rings is 1. The van der Waals surface area contributed by atoms with Crippen molar-refractivity contribution in [2.45, 2.75) is 12.3 Å². The summed E-state index contributed by atoms with van der Waals surface area (Å²) in [4.78, 5) is 21.6. The van der Waals surface area contributed by atoms with E-state index in [9.17, 15) is 9.59 Å². The zero-order chi connectivity index (χ0) is 8.97. The van der Waals surface area contributed by atoms with Crippen molar-refractivity contribution in [1.29, 1.82) is 0 Å². The first kappa shape index (κ1) is 8.93. The Balaban J connectivity index is 2.69. The number of carboxylic acids is 1. The quantitative estimate of drug-likeness (QED) is 0.721. The van der Waals surface area contributed by atoms with Gasteiger partial charge in [-0.3, -0.25) is 4.79 Å². The number of carboxylic acid groups (broad SMARTS) is 1. The Labute approximate surface area is 73.6 Å². The summed E-state index contributed by atoms with van der Waals surface area (Å²) in [7, 11) is 0. The fourth-order valence-electron chi connectivity index (χ4n) is 0.906. The molecule has 0 aliphatic rings. The fraction of sp³-hybridized carbons (Fsp3) is 0.250. The van der Waals surface area contributed by atoms with Crippen molar-refractivity contribution in [2.75, 3.05) is 0 Å². The fourth-order valence-corrected chi connectivity index (χ4v) is 1.69. The number of rotatable bonds is 4. The van der Waals surface area contributed by atoms with Crippen LogP contribution in [0.3, 0.4) is 0 Å². The van der Waals surface area contributed by atoms with Gasteiger partial charge in [0, 0.05) is 4.88 Å². The lowest BCUT2D eigenvalue weighted by Crippen LogP contribution is -2.05. The van der Waals surface area contributed by atoms with Gasteiger partial charge in [-0.15, -0.1) is 11.3 Å². The predicted octanol–water partition coefficient (Wildman–Crippen LogP) is 1.51. The van der Waals surface area contributed by atoms with Crippen LogP contribution in [0.2, 0.25) is 0 Å². The highest BCUT2D eigenvalue weighted by atomic mass is 32.1. The third-order valence-electron chi connectivity index (χ3n) is 1.47. The monoisotopic (exact) mass is 184 g/mol. The highest BCUT2D eigenvalue weighted by molar-refractivity contribution is 7.10. The van der Waals surface area contributed by atoms with Crippen molar-refractivity contribution >= 4 is 23.6 Å². The molecule has 1 aromatic rings. The molecule has 0 amide bonds. The maximum Gasteiger partial charge on any atom is 0.304 e. The Morgan fingerprint density at radius 2 is 2.50 bits per heavy atom. The largest absolute Gasteiger partial charge is 0.481 e. The summed E-state index contributed by atoms with van der Waals surface area (Å²) in [6.45, 7) is 0. The molecule has 0 saturated heterocycles. The van der Waals surface area contributed by atoms with Crippen LogP contribution in [-0.4, -0.2) is 17.4 Å². The minimum absolute atomic E-state index is 0.121. The lowest BCUT2D eigenvalue weighted by molar-refractivity contribution is -0.138. The second-order valence-corrected chi connectivity index (χ2v) is 3.34. The van der Waals surface area contributed by atoms with Crippen LogP contribution in [0, 0.1) is 0 Å². The van der Waals surface area contributed by atoms with Crippen molar-refractivity contribution in [1.82, 2.24) is 0 Å². The smallest absolute Gasteiger partial charge is 0.304 e. The van der Waals surface area contributed by atoms with Crippen molar-refractivity contribution in [2.24, 2.45) is 0 Å². The number of hydrogen-bond donors (Lipinski definition) is 1. The summed E-state index contributed by atoms with van der Waals surface area (Å²) in [5, 5.41) is 10.3. The van der Waals surface area contributed by atoms with Crippen LogP contribution < -0.4 is 0 Å². The van der Waals surface area contributed by atoms with Crippen molar-refractivity contribution < 1.29 is 14.7 Å². The van der Waals surface area contributed by atoms with Crippen LogP contribution in [0.25, 0.3) is 0 Å². The number of carbonyl (C=O) groups excluding carboxylic acids is 1. The third kappa shape index (κ3) is 2.17. The van der Waals surface area contributed by atoms with Crippen molar-refractivity contribution in [3.05, 3.63) is 22.4 Å². The van der Waals surface area contributed by atoms with E-state index in [1.807, 2.05) is 5.38 Å². The van der Waals surface area contributed by atoms with Gasteiger partial charge < -0.3 is 9.90 Å². The van der Waals surface area contributed by atoms with E-state index >= 15 is 0 Å². The molecule has 1 heterocycles. The first-order valence-corrected chi connectivity index (χ1v) is 4.32. The summed E-state index contributed by atoms with van der Waals surface area (Å²) in [6, 6.07) is 3.57. The van der Waals surface area contributed by atoms with E-state index < -0.39 is 11.9 Å². The van der Waals surface area contributed by atoms with Gasteiger partial charge in [-0.1, -0.05) is 6.07 Å². The SMILES string of the molecule is O=CC(CC(=O)O)c1cccs1. The molecule has 0 radical (unpaired) electrons. The van der Waals surface area contributed by atoms with Crippen LogP contribution >= 0.6 is 11.3 Å². The molecule has 0 saturated carbocycles. The molecule has 1 aromatic heterocycles. The molecule has 0 fully saturated rings. The molecule has 1 atom stereocenters. The van der Waals surface area contributed by atoms with E-state index in [0.717, 1.165) is 4.88 Å². The van der Waals surface area contributed by atoms with Gasteiger partial charge in [-0.25, -0.2) is 0 Å². The van der Waals surface area contributed by atoms with E-state index in [0.29, 0.717) is 6.29 Å². The van der Waals surface area contributed by atoms with E-state index in [-0.39, 0.29) is 6.42 Å². The van der Waals surface area contributed by atoms with Gasteiger partial charge in [0.2, 0.25) is 0 Å². The van der Waals surface area contributed by atoms with E-state index in [4.69, 9.17) is 5.11 Å². The highest BCUT2D eigenvalue weighted by Crippen LogP contribution is 2.22. The molecular formula is C8H8O3S. The number of aliphatic carboxylic acids is 1. The zero-order valence-electron chi connectivity index (χ0n) is 6.27. The number of aldehydes is 1. The summed E-state index contributed by atoms with van der Waals surface area (Å²) in [5.41, 5.74) is 0. The molecule has 0 aliphatic heterocycles. The van der Waals surface area contributed by atoms with Gasteiger partial charge >= 0.3 is 5.97 Å². The van der Waals surface area contributed by atoms with Crippen LogP contribution in [0.1, 0.15) is 17.2 Å². The topological polar surface area (TPSA) is 54.4 Å². The number of hydrogen-bond acceptors (Lipinski definition) is 3. The van der Waals surface area contributed by atoms with E-state index in [1.54, 1.807) is 12.1 Å². The van der Waals surface area contributed by atoms with E-state index in [2.05, 4.69) is 0 Å². The molecule has 0 bridgehead atoms. The predicted molar refractivity (Wildman–Crippen MR) is 45.4 cm³/mol. The van der Waals surface area contributed by atoms with Crippen LogP contribution in [0.4, 0.5) is 0 Å². The average molecular weight is 184 g/mol. The highest BCUT2D eigenvalue weighted by Gasteiger charge is 2.14. The average Bonchev–Trinajstić information content (AvgIpc) is 2.51. The van der Waals surface area contributed by atoms with Crippen molar-refractivity contribution in [3.8, 4) is 0 Å². The Hall–Kier alpha value is -1.16. The first-order chi connectivity index (χ1) is 5.74. The minimum atomic E-state index is -0.944. The third-order valence-corrected chi connectivity index (χ3v) is 2.47. The Kier molecular flexibility index (Phi) is 2.99. The summed E-state index contributed by atoms with van der Waals surface area (Å²) >= 11 is 1.40. The van der Waals surface area contributed by atoms with Gasteiger partial charge in [0.15, 0.2) is 0 Å². The molecule has 3 nitrogen and oxygen atoms in total. The Morgan fingerprint density at radius 3 is 2.92 bits per heavy atom. The lowest BCUT2D eigenvalue weighted by Gasteiger charge is -2.02. The lowest BCUT2D eigenvalue weighted by atomic mass is 10.1. The van der Waals surface area contributed by atoms with E-state index in [1.165, 1.54) is 11.3 Å². The minimum Gasteiger partial charge on any atom is -0.481 e. The molecule has 1 N–H and O–H groups in total.